The Morgan fingerprint density at radius 2 is 2.20 bits per heavy atom. The van der Waals surface area contributed by atoms with Crippen LogP contribution in [0.3, 0.4) is 0 Å². The number of hydrogen-bond donors (Lipinski definition) is 2. The molecular weight excluding hydrogens is 272 g/mol. The molecule has 20 heavy (non-hydrogen) atoms. The Kier molecular flexibility index (Phi) is 4.86. The number of carbonyl (C=O) groups is 1. The van der Waals surface area contributed by atoms with Crippen LogP contribution in [-0.2, 0) is 0 Å². The lowest BCUT2D eigenvalue weighted by atomic mass is 10.0. The van der Waals surface area contributed by atoms with E-state index in [4.69, 9.17) is 5.73 Å². The molecule has 1 aromatic heterocycles. The molecule has 0 aliphatic carbocycles. The van der Waals surface area contributed by atoms with E-state index in [0.29, 0.717) is 16.6 Å². The van der Waals surface area contributed by atoms with Crippen LogP contribution in [0.25, 0.3) is 0 Å². The Balaban J connectivity index is 2.10. The number of likely N-dealkylation sites (tertiary alicyclic amines) is 1. The second-order valence-electron chi connectivity index (χ2n) is 5.86. The molecule has 3 N–H and O–H groups in total. The summed E-state index contributed by atoms with van der Waals surface area (Å²) in [5.74, 6) is 1.08. The molecule has 5 nitrogen and oxygen atoms in total. The number of nitrogens with two attached hydrogens (primary N) is 1. The summed E-state index contributed by atoms with van der Waals surface area (Å²) in [4.78, 5) is 19.3. The molecule has 0 bridgehead atoms. The van der Waals surface area contributed by atoms with Gasteiger partial charge >= 0.3 is 0 Å². The molecule has 1 aliphatic rings. The topological polar surface area (TPSA) is 71.2 Å². The number of nitrogen functional groups attached to an aromatic ring is 1. The number of aromatic nitrogens is 1. The standard InChI is InChI=1S/C14H24N4OS/c1-9(2)16-14-17-12(15)11(20-14)13(19)18-7-4-5-10(3)6-8-18/h9-10H,4-8,15H2,1-3H3,(H,16,17). The van der Waals surface area contributed by atoms with Gasteiger partial charge in [-0.3, -0.25) is 4.79 Å². The van der Waals surface area contributed by atoms with Crippen molar-refractivity contribution in [1.82, 2.24) is 9.88 Å². The van der Waals surface area contributed by atoms with Crippen LogP contribution in [0.4, 0.5) is 10.9 Å². The molecule has 0 saturated carbocycles. The SMILES string of the molecule is CC1CCCN(C(=O)c2sc(NC(C)C)nc2N)CC1. The summed E-state index contributed by atoms with van der Waals surface area (Å²) in [6.45, 7) is 7.97. The zero-order chi connectivity index (χ0) is 14.7. The molecule has 2 heterocycles. The minimum absolute atomic E-state index is 0.0332. The Morgan fingerprint density at radius 1 is 1.45 bits per heavy atom. The third-order valence-corrected chi connectivity index (χ3v) is 4.55. The van der Waals surface area contributed by atoms with Gasteiger partial charge in [0.2, 0.25) is 0 Å². The van der Waals surface area contributed by atoms with Crippen LogP contribution in [0.2, 0.25) is 0 Å². The average molecular weight is 296 g/mol. The number of hydrogen-bond acceptors (Lipinski definition) is 5. The molecule has 1 aliphatic heterocycles. The fourth-order valence-corrected chi connectivity index (χ4v) is 3.40. The third kappa shape index (κ3) is 3.62. The van der Waals surface area contributed by atoms with E-state index in [9.17, 15) is 4.79 Å². The fourth-order valence-electron chi connectivity index (χ4n) is 2.40. The Labute approximate surface area is 124 Å². The first kappa shape index (κ1) is 15.1. The maximum Gasteiger partial charge on any atom is 0.267 e. The number of thiazole rings is 1. The molecule has 1 saturated heterocycles. The monoisotopic (exact) mass is 296 g/mol. The molecule has 1 atom stereocenters. The van der Waals surface area contributed by atoms with E-state index in [-0.39, 0.29) is 11.9 Å². The molecule has 0 spiro atoms. The Bertz CT molecular complexity index is 472. The molecule has 6 heteroatoms. The predicted molar refractivity (Wildman–Crippen MR) is 84.2 cm³/mol. The summed E-state index contributed by atoms with van der Waals surface area (Å²) < 4.78 is 0. The van der Waals surface area contributed by atoms with E-state index < -0.39 is 0 Å². The van der Waals surface area contributed by atoms with Gasteiger partial charge < -0.3 is 16.0 Å². The molecule has 1 aromatic rings. The third-order valence-electron chi connectivity index (χ3n) is 3.56. The highest BCUT2D eigenvalue weighted by Gasteiger charge is 2.24. The van der Waals surface area contributed by atoms with Crippen LogP contribution in [0.5, 0.6) is 0 Å². The summed E-state index contributed by atoms with van der Waals surface area (Å²) in [7, 11) is 0. The van der Waals surface area contributed by atoms with Crippen LogP contribution in [0.1, 0.15) is 49.7 Å². The summed E-state index contributed by atoms with van der Waals surface area (Å²) in [5.41, 5.74) is 5.90. The van der Waals surface area contributed by atoms with Gasteiger partial charge in [-0.1, -0.05) is 18.3 Å². The van der Waals surface area contributed by atoms with Crippen LogP contribution in [-0.4, -0.2) is 34.9 Å². The average Bonchev–Trinajstić information content (AvgIpc) is 2.58. The van der Waals surface area contributed by atoms with Crippen molar-refractivity contribution in [3.05, 3.63) is 4.88 Å². The van der Waals surface area contributed by atoms with Gasteiger partial charge in [-0.2, -0.15) is 0 Å². The first-order chi connectivity index (χ1) is 9.47. The van der Waals surface area contributed by atoms with Gasteiger partial charge in [0.1, 0.15) is 10.7 Å². The lowest BCUT2D eigenvalue weighted by molar-refractivity contribution is 0.0766. The first-order valence-corrected chi connectivity index (χ1v) is 8.11. The van der Waals surface area contributed by atoms with E-state index >= 15 is 0 Å². The summed E-state index contributed by atoms with van der Waals surface area (Å²) >= 11 is 1.36. The van der Waals surface area contributed by atoms with Crippen LogP contribution in [0.15, 0.2) is 0 Å². The van der Waals surface area contributed by atoms with Gasteiger partial charge in [0.15, 0.2) is 5.13 Å². The maximum atomic E-state index is 12.6. The van der Waals surface area contributed by atoms with E-state index in [1.807, 2.05) is 18.7 Å². The Morgan fingerprint density at radius 3 is 2.90 bits per heavy atom. The normalized spacial score (nSPS) is 20.0. The summed E-state index contributed by atoms with van der Waals surface area (Å²) in [6, 6.07) is 0.280. The zero-order valence-corrected chi connectivity index (χ0v) is 13.3. The number of nitrogens with one attached hydrogen (secondary N) is 1. The highest BCUT2D eigenvalue weighted by Crippen LogP contribution is 2.28. The molecule has 1 amide bonds. The second-order valence-corrected chi connectivity index (χ2v) is 6.86. The van der Waals surface area contributed by atoms with E-state index in [2.05, 4.69) is 17.2 Å². The number of amides is 1. The summed E-state index contributed by atoms with van der Waals surface area (Å²) in [6.07, 6.45) is 3.34. The van der Waals surface area contributed by atoms with Crippen LogP contribution in [0, 0.1) is 5.92 Å². The van der Waals surface area contributed by atoms with Crippen molar-refractivity contribution in [2.24, 2.45) is 5.92 Å². The van der Waals surface area contributed by atoms with Crippen molar-refractivity contribution >= 4 is 28.2 Å². The molecular formula is C14H24N4OS. The lowest BCUT2D eigenvalue weighted by Crippen LogP contribution is -2.31. The van der Waals surface area contributed by atoms with Crippen molar-refractivity contribution < 1.29 is 4.79 Å². The van der Waals surface area contributed by atoms with Crippen LogP contribution >= 0.6 is 11.3 Å². The molecule has 1 fully saturated rings. The minimum Gasteiger partial charge on any atom is -0.382 e. The highest BCUT2D eigenvalue weighted by atomic mass is 32.1. The first-order valence-electron chi connectivity index (χ1n) is 7.29. The van der Waals surface area contributed by atoms with Gasteiger partial charge in [-0.05, 0) is 39.0 Å². The van der Waals surface area contributed by atoms with E-state index in [1.165, 1.54) is 17.8 Å². The van der Waals surface area contributed by atoms with Crippen molar-refractivity contribution in [1.29, 1.82) is 0 Å². The fraction of sp³-hybridized carbons (Fsp3) is 0.714. The van der Waals surface area contributed by atoms with Gasteiger partial charge in [0.25, 0.3) is 5.91 Å². The summed E-state index contributed by atoms with van der Waals surface area (Å²) in [5, 5.41) is 3.93. The molecule has 0 radical (unpaired) electrons. The smallest absolute Gasteiger partial charge is 0.267 e. The van der Waals surface area contributed by atoms with Gasteiger partial charge in [0.05, 0.1) is 0 Å². The highest BCUT2D eigenvalue weighted by molar-refractivity contribution is 7.18. The van der Waals surface area contributed by atoms with Crippen molar-refractivity contribution in [3.8, 4) is 0 Å². The van der Waals surface area contributed by atoms with Gasteiger partial charge in [0, 0.05) is 19.1 Å². The Hall–Kier alpha value is -1.30. The number of anilines is 2. The van der Waals surface area contributed by atoms with Crippen molar-refractivity contribution in [2.45, 2.75) is 46.1 Å². The quantitative estimate of drug-likeness (QED) is 0.899. The largest absolute Gasteiger partial charge is 0.382 e. The van der Waals surface area contributed by atoms with E-state index in [0.717, 1.165) is 31.1 Å². The maximum absolute atomic E-state index is 12.6. The van der Waals surface area contributed by atoms with Crippen molar-refractivity contribution in [2.75, 3.05) is 24.1 Å². The molecule has 2 rings (SSSR count). The van der Waals surface area contributed by atoms with Gasteiger partial charge in [-0.15, -0.1) is 0 Å². The molecule has 0 aromatic carbocycles. The zero-order valence-electron chi connectivity index (χ0n) is 12.5. The van der Waals surface area contributed by atoms with Crippen LogP contribution < -0.4 is 11.1 Å². The second kappa shape index (κ2) is 6.43. The van der Waals surface area contributed by atoms with E-state index in [1.54, 1.807) is 0 Å². The van der Waals surface area contributed by atoms with Crippen molar-refractivity contribution in [3.63, 3.8) is 0 Å². The number of rotatable bonds is 3. The minimum atomic E-state index is 0.0332. The number of nitrogens with zero attached hydrogens (tertiary/aromatic N) is 2. The lowest BCUT2D eigenvalue weighted by Gasteiger charge is -2.19. The number of carbonyl (C=O) groups excluding carboxylic acids is 1. The van der Waals surface area contributed by atoms with Gasteiger partial charge in [-0.25, -0.2) is 4.98 Å². The molecule has 112 valence electrons. The predicted octanol–water partition coefficient (Wildman–Crippen LogP) is 2.81. The molecule has 1 unspecified atom stereocenters.